The minimum atomic E-state index is -0.0600. The van der Waals surface area contributed by atoms with Gasteiger partial charge in [-0.1, -0.05) is 12.1 Å². The molecule has 2 aromatic rings. The molecule has 1 heterocycles. The van der Waals surface area contributed by atoms with Crippen LogP contribution in [-0.2, 0) is 11.2 Å². The number of carbonyl (C=O) groups excluding carboxylic acids is 2. The predicted molar refractivity (Wildman–Crippen MR) is 113 cm³/mol. The van der Waals surface area contributed by atoms with Crippen LogP contribution in [0.3, 0.4) is 0 Å². The van der Waals surface area contributed by atoms with Crippen molar-refractivity contribution in [1.82, 2.24) is 10.2 Å². The minimum Gasteiger partial charge on any atom is -0.497 e. The highest BCUT2D eigenvalue weighted by Crippen LogP contribution is 2.24. The Hall–Kier alpha value is -3.22. The molecule has 2 aromatic carbocycles. The van der Waals surface area contributed by atoms with E-state index in [2.05, 4.69) is 5.32 Å². The molecule has 160 valence electrons. The van der Waals surface area contributed by atoms with Crippen LogP contribution in [0.2, 0.25) is 0 Å². The summed E-state index contributed by atoms with van der Waals surface area (Å²) in [6.07, 6.45) is 1.77. The van der Waals surface area contributed by atoms with Crippen LogP contribution in [0, 0.1) is 0 Å². The number of ether oxygens (including phenoxy) is 3. The normalized spacial score (nSPS) is 14.2. The molecule has 30 heavy (non-hydrogen) atoms. The number of likely N-dealkylation sites (tertiary alicyclic amines) is 1. The summed E-state index contributed by atoms with van der Waals surface area (Å²) in [5.41, 5.74) is 1.47. The second-order valence-electron chi connectivity index (χ2n) is 7.26. The Balaban J connectivity index is 1.51. The second-order valence-corrected chi connectivity index (χ2v) is 7.26. The van der Waals surface area contributed by atoms with Crippen molar-refractivity contribution in [3.63, 3.8) is 0 Å². The summed E-state index contributed by atoms with van der Waals surface area (Å²) in [6.45, 7) is 1.18. The van der Waals surface area contributed by atoms with Crippen molar-refractivity contribution in [3.05, 3.63) is 53.6 Å². The minimum absolute atomic E-state index is 0.0116. The van der Waals surface area contributed by atoms with E-state index >= 15 is 0 Å². The highest BCUT2D eigenvalue weighted by molar-refractivity contribution is 5.95. The van der Waals surface area contributed by atoms with E-state index in [0.717, 1.165) is 24.2 Å². The summed E-state index contributed by atoms with van der Waals surface area (Å²) in [5.74, 6) is 1.86. The maximum absolute atomic E-state index is 12.9. The Bertz CT molecular complexity index is 851. The Labute approximate surface area is 176 Å². The molecule has 1 aliphatic rings. The van der Waals surface area contributed by atoms with Crippen LogP contribution in [0.15, 0.2) is 42.5 Å². The molecule has 7 nitrogen and oxygen atoms in total. The van der Waals surface area contributed by atoms with Gasteiger partial charge in [0.05, 0.1) is 27.8 Å². The third-order valence-corrected chi connectivity index (χ3v) is 5.27. The first-order valence-electron chi connectivity index (χ1n) is 9.97. The highest BCUT2D eigenvalue weighted by Gasteiger charge is 2.25. The van der Waals surface area contributed by atoms with E-state index < -0.39 is 0 Å². The number of rotatable bonds is 7. The van der Waals surface area contributed by atoms with E-state index in [0.29, 0.717) is 36.6 Å². The largest absolute Gasteiger partial charge is 0.497 e. The number of hydrogen-bond donors (Lipinski definition) is 1. The molecule has 0 unspecified atom stereocenters. The summed E-state index contributed by atoms with van der Waals surface area (Å²) >= 11 is 0. The lowest BCUT2D eigenvalue weighted by Gasteiger charge is -2.32. The van der Waals surface area contributed by atoms with Crippen molar-refractivity contribution in [1.29, 1.82) is 0 Å². The molecule has 0 aliphatic carbocycles. The molecule has 1 aliphatic heterocycles. The molecule has 2 amide bonds. The van der Waals surface area contributed by atoms with Gasteiger partial charge in [0.2, 0.25) is 5.91 Å². The van der Waals surface area contributed by atoms with E-state index in [4.69, 9.17) is 14.2 Å². The average Bonchev–Trinajstić information content (AvgIpc) is 2.79. The summed E-state index contributed by atoms with van der Waals surface area (Å²) in [5, 5.41) is 3.08. The molecular weight excluding hydrogens is 384 g/mol. The topological polar surface area (TPSA) is 77.1 Å². The zero-order valence-electron chi connectivity index (χ0n) is 17.6. The van der Waals surface area contributed by atoms with Crippen LogP contribution in [-0.4, -0.2) is 57.2 Å². The van der Waals surface area contributed by atoms with Gasteiger partial charge in [0, 0.05) is 30.8 Å². The maximum atomic E-state index is 12.9. The molecule has 0 aromatic heterocycles. The summed E-state index contributed by atoms with van der Waals surface area (Å²) in [4.78, 5) is 27.0. The van der Waals surface area contributed by atoms with Gasteiger partial charge < -0.3 is 24.4 Å². The van der Waals surface area contributed by atoms with Crippen molar-refractivity contribution in [2.45, 2.75) is 25.3 Å². The summed E-state index contributed by atoms with van der Waals surface area (Å²) in [6, 6.07) is 12.7. The van der Waals surface area contributed by atoms with Crippen LogP contribution < -0.4 is 19.5 Å². The number of nitrogens with zero attached hydrogens (tertiary/aromatic N) is 1. The Morgan fingerprint density at radius 2 is 1.47 bits per heavy atom. The fourth-order valence-electron chi connectivity index (χ4n) is 3.55. The van der Waals surface area contributed by atoms with Crippen LogP contribution >= 0.6 is 0 Å². The fourth-order valence-corrected chi connectivity index (χ4v) is 3.55. The zero-order chi connectivity index (χ0) is 21.5. The first-order chi connectivity index (χ1) is 14.5. The molecule has 0 atom stereocenters. The highest BCUT2D eigenvalue weighted by atomic mass is 16.5. The van der Waals surface area contributed by atoms with Crippen LogP contribution in [0.5, 0.6) is 17.2 Å². The molecule has 3 rings (SSSR count). The molecule has 1 fully saturated rings. The van der Waals surface area contributed by atoms with Gasteiger partial charge in [0.25, 0.3) is 5.91 Å². The van der Waals surface area contributed by atoms with Gasteiger partial charge in [-0.05, 0) is 42.7 Å². The first-order valence-corrected chi connectivity index (χ1v) is 9.97. The number of piperidine rings is 1. The average molecular weight is 412 g/mol. The van der Waals surface area contributed by atoms with Gasteiger partial charge in [0.15, 0.2) is 0 Å². The number of benzene rings is 2. The third-order valence-electron chi connectivity index (χ3n) is 5.27. The van der Waals surface area contributed by atoms with E-state index in [-0.39, 0.29) is 17.9 Å². The van der Waals surface area contributed by atoms with Crippen molar-refractivity contribution in [2.75, 3.05) is 34.4 Å². The van der Waals surface area contributed by atoms with Gasteiger partial charge in [-0.2, -0.15) is 0 Å². The molecule has 0 spiro atoms. The van der Waals surface area contributed by atoms with Gasteiger partial charge in [-0.25, -0.2) is 0 Å². The van der Waals surface area contributed by atoms with Gasteiger partial charge in [0.1, 0.15) is 17.2 Å². The predicted octanol–water partition coefficient (Wildman–Crippen LogP) is 2.68. The van der Waals surface area contributed by atoms with Crippen molar-refractivity contribution >= 4 is 11.8 Å². The number of carbonyl (C=O) groups is 2. The molecular formula is C23H28N2O5. The standard InChI is InChI=1S/C23H28N2O5/c1-28-19-6-4-16(5-7-19)12-22(26)24-18-8-10-25(11-9-18)23(27)17-13-20(29-2)15-21(14-17)30-3/h4-7,13-15,18H,8-12H2,1-3H3,(H,24,26). The maximum Gasteiger partial charge on any atom is 0.254 e. The zero-order valence-corrected chi connectivity index (χ0v) is 17.6. The van der Waals surface area contributed by atoms with Crippen LogP contribution in [0.4, 0.5) is 0 Å². The van der Waals surface area contributed by atoms with Crippen molar-refractivity contribution in [2.24, 2.45) is 0 Å². The molecule has 0 saturated carbocycles. The Morgan fingerprint density at radius 1 is 0.900 bits per heavy atom. The lowest BCUT2D eigenvalue weighted by Crippen LogP contribution is -2.46. The molecule has 0 radical (unpaired) electrons. The van der Waals surface area contributed by atoms with Crippen LogP contribution in [0.25, 0.3) is 0 Å². The third kappa shape index (κ3) is 5.43. The number of amides is 2. The molecule has 1 saturated heterocycles. The fraction of sp³-hybridized carbons (Fsp3) is 0.391. The van der Waals surface area contributed by atoms with Gasteiger partial charge >= 0.3 is 0 Å². The monoisotopic (exact) mass is 412 g/mol. The molecule has 0 bridgehead atoms. The summed E-state index contributed by atoms with van der Waals surface area (Å²) in [7, 11) is 4.73. The number of nitrogens with one attached hydrogen (secondary N) is 1. The lowest BCUT2D eigenvalue weighted by atomic mass is 10.0. The second kappa shape index (κ2) is 10.0. The van der Waals surface area contributed by atoms with Gasteiger partial charge in [-0.15, -0.1) is 0 Å². The SMILES string of the molecule is COc1ccc(CC(=O)NC2CCN(C(=O)c3cc(OC)cc(OC)c3)CC2)cc1. The Kier molecular flexibility index (Phi) is 7.17. The Morgan fingerprint density at radius 3 is 2.00 bits per heavy atom. The van der Waals surface area contributed by atoms with Crippen molar-refractivity contribution < 1.29 is 23.8 Å². The smallest absolute Gasteiger partial charge is 0.254 e. The number of hydrogen-bond acceptors (Lipinski definition) is 5. The lowest BCUT2D eigenvalue weighted by molar-refractivity contribution is -0.121. The van der Waals surface area contributed by atoms with Crippen LogP contribution in [0.1, 0.15) is 28.8 Å². The van der Waals surface area contributed by atoms with E-state index in [9.17, 15) is 9.59 Å². The quantitative estimate of drug-likeness (QED) is 0.757. The molecule has 1 N–H and O–H groups in total. The first kappa shape index (κ1) is 21.5. The molecule has 7 heteroatoms. The van der Waals surface area contributed by atoms with E-state index in [1.54, 1.807) is 44.4 Å². The van der Waals surface area contributed by atoms with E-state index in [1.807, 2.05) is 24.3 Å². The van der Waals surface area contributed by atoms with Gasteiger partial charge in [-0.3, -0.25) is 9.59 Å². The van der Waals surface area contributed by atoms with E-state index in [1.165, 1.54) is 0 Å². The summed E-state index contributed by atoms with van der Waals surface area (Å²) < 4.78 is 15.6. The number of methoxy groups -OCH3 is 3. The van der Waals surface area contributed by atoms with Crippen molar-refractivity contribution in [3.8, 4) is 17.2 Å².